The summed E-state index contributed by atoms with van der Waals surface area (Å²) in [6, 6.07) is 5.98. The van der Waals surface area contributed by atoms with Gasteiger partial charge in [0.2, 0.25) is 5.95 Å². The van der Waals surface area contributed by atoms with Gasteiger partial charge in [-0.05, 0) is 38.1 Å². The number of nitrogens with zero attached hydrogens (tertiary/aromatic N) is 5. The van der Waals surface area contributed by atoms with Crippen LogP contribution in [-0.2, 0) is 4.74 Å². The van der Waals surface area contributed by atoms with Gasteiger partial charge in [0.15, 0.2) is 11.6 Å². The average molecular weight is 449 g/mol. The summed E-state index contributed by atoms with van der Waals surface area (Å²) in [6.07, 6.45) is 2.13. The molecule has 1 aromatic carbocycles. The van der Waals surface area contributed by atoms with Crippen molar-refractivity contribution in [3.8, 4) is 5.69 Å². The van der Waals surface area contributed by atoms with Crippen molar-refractivity contribution in [2.75, 3.05) is 16.8 Å². The number of hydrogen-bond donors (Lipinski definition) is 1. The summed E-state index contributed by atoms with van der Waals surface area (Å²) >= 11 is 5.92. The monoisotopic (exact) mass is 448 g/mol. The molecule has 3 aromatic rings. The maximum Gasteiger partial charge on any atom is 0.416 e. The molecule has 1 N–H and O–H groups in total. The number of amides is 1. The Morgan fingerprint density at radius 1 is 1.26 bits per heavy atom. The molecule has 0 radical (unpaired) electrons. The van der Waals surface area contributed by atoms with E-state index >= 15 is 0 Å². The first-order valence-electron chi connectivity index (χ1n) is 9.52. The molecule has 1 amide bonds. The quantitative estimate of drug-likeness (QED) is 0.604. The summed E-state index contributed by atoms with van der Waals surface area (Å²) in [5.74, 6) is -1.13. The van der Waals surface area contributed by atoms with E-state index in [0.29, 0.717) is 10.7 Å². The summed E-state index contributed by atoms with van der Waals surface area (Å²) in [5, 5.41) is 3.66. The minimum Gasteiger partial charge on any atom is -0.447 e. The van der Waals surface area contributed by atoms with E-state index in [9.17, 15) is 13.6 Å². The molecule has 1 saturated heterocycles. The molecule has 31 heavy (non-hydrogen) atoms. The summed E-state index contributed by atoms with van der Waals surface area (Å²) in [7, 11) is 0. The van der Waals surface area contributed by atoms with Gasteiger partial charge < -0.3 is 14.6 Å². The fraction of sp³-hybridized carbons (Fsp3) is 0.300. The number of nitrogens with one attached hydrogen (secondary N) is 1. The largest absolute Gasteiger partial charge is 0.447 e. The lowest BCUT2D eigenvalue weighted by molar-refractivity contribution is 0.174. The molecule has 1 aliphatic rings. The Bertz CT molecular complexity index is 1090. The zero-order chi connectivity index (χ0) is 22.1. The molecule has 0 aliphatic carbocycles. The normalized spacial score (nSPS) is 18.0. The Kier molecular flexibility index (Phi) is 5.73. The first-order chi connectivity index (χ1) is 14.8. The maximum absolute atomic E-state index is 14.4. The number of carbonyl (C=O) groups excluding carboxylic acids is 1. The van der Waals surface area contributed by atoms with E-state index < -0.39 is 24.1 Å². The highest BCUT2D eigenvalue weighted by molar-refractivity contribution is 6.30. The van der Waals surface area contributed by atoms with Crippen LogP contribution in [-0.4, -0.2) is 44.4 Å². The number of alkyl halides is 1. The first kappa shape index (κ1) is 21.0. The van der Waals surface area contributed by atoms with Crippen molar-refractivity contribution in [3.63, 3.8) is 0 Å². The highest BCUT2D eigenvalue weighted by atomic mass is 35.5. The van der Waals surface area contributed by atoms with E-state index in [1.165, 1.54) is 6.92 Å². The highest BCUT2D eigenvalue weighted by Crippen LogP contribution is 2.28. The summed E-state index contributed by atoms with van der Waals surface area (Å²) in [4.78, 5) is 25.3. The zero-order valence-electron chi connectivity index (χ0n) is 16.7. The van der Waals surface area contributed by atoms with E-state index in [2.05, 4.69) is 20.3 Å². The maximum atomic E-state index is 14.4. The Morgan fingerprint density at radius 2 is 2.00 bits per heavy atom. The topological polar surface area (TPSA) is 85.2 Å². The van der Waals surface area contributed by atoms with Crippen molar-refractivity contribution in [2.45, 2.75) is 32.1 Å². The van der Waals surface area contributed by atoms with Crippen LogP contribution >= 0.6 is 11.6 Å². The molecule has 0 saturated carbocycles. The summed E-state index contributed by atoms with van der Waals surface area (Å²) in [5.41, 5.74) is 1.56. The Hall–Kier alpha value is -3.27. The predicted molar refractivity (Wildman–Crippen MR) is 111 cm³/mol. The molecule has 2 aromatic heterocycles. The van der Waals surface area contributed by atoms with Crippen LogP contribution in [0, 0.1) is 5.82 Å². The second-order valence-electron chi connectivity index (χ2n) is 7.11. The molecular weight excluding hydrogens is 430 g/mol. The summed E-state index contributed by atoms with van der Waals surface area (Å²) in [6.45, 7) is 2.93. The molecule has 0 unspecified atom stereocenters. The van der Waals surface area contributed by atoms with Crippen LogP contribution in [0.15, 0.2) is 43.0 Å². The van der Waals surface area contributed by atoms with Gasteiger partial charge in [-0.3, -0.25) is 0 Å². The van der Waals surface area contributed by atoms with E-state index in [4.69, 9.17) is 16.3 Å². The number of aromatic nitrogens is 4. The van der Waals surface area contributed by atoms with Crippen LogP contribution in [0.5, 0.6) is 0 Å². The number of ether oxygens (including phenoxy) is 1. The SMILES string of the molecule is C[C@H](Nc1ncc(F)c(N2C(=O)OC[C@@H]2[C@H](C)F)n1)c1cn(-c2ccc(Cl)cc2)cn1. The van der Waals surface area contributed by atoms with Gasteiger partial charge >= 0.3 is 6.09 Å². The van der Waals surface area contributed by atoms with Gasteiger partial charge in [-0.15, -0.1) is 0 Å². The molecular formula is C20H19ClF2N6O2. The molecule has 11 heteroatoms. The van der Waals surface area contributed by atoms with Gasteiger partial charge in [-0.25, -0.2) is 28.4 Å². The molecule has 4 rings (SSSR count). The fourth-order valence-corrected chi connectivity index (χ4v) is 3.32. The molecule has 8 nitrogen and oxygen atoms in total. The van der Waals surface area contributed by atoms with Gasteiger partial charge in [-0.2, -0.15) is 4.98 Å². The van der Waals surface area contributed by atoms with Gasteiger partial charge in [0, 0.05) is 16.9 Å². The van der Waals surface area contributed by atoms with Crippen molar-refractivity contribution in [1.29, 1.82) is 0 Å². The zero-order valence-corrected chi connectivity index (χ0v) is 17.4. The molecule has 1 aliphatic heterocycles. The number of halogens is 3. The Balaban J connectivity index is 1.54. The second kappa shape index (κ2) is 8.46. The second-order valence-corrected chi connectivity index (χ2v) is 7.54. The van der Waals surface area contributed by atoms with Gasteiger partial charge in [0.1, 0.15) is 18.8 Å². The standard InChI is InChI=1S/C20H19ClF2N6O2/c1-11(22)17-9-31-20(30)29(17)18-15(23)7-24-19(27-18)26-12(2)16-8-28(10-25-16)14-5-3-13(21)4-6-14/h3-8,10-12,17H,9H2,1-2H3,(H,24,26,27)/t11-,12-,17+/m0/s1. The van der Waals surface area contributed by atoms with Crippen molar-refractivity contribution < 1.29 is 18.3 Å². The van der Waals surface area contributed by atoms with Crippen LogP contribution in [0.2, 0.25) is 5.02 Å². The fourth-order valence-electron chi connectivity index (χ4n) is 3.20. The Labute approximate surface area is 181 Å². The summed E-state index contributed by atoms with van der Waals surface area (Å²) < 4.78 is 34.9. The third kappa shape index (κ3) is 4.29. The van der Waals surface area contributed by atoms with Crippen LogP contribution in [0.4, 0.5) is 25.3 Å². The lowest BCUT2D eigenvalue weighted by Gasteiger charge is -2.22. The smallest absolute Gasteiger partial charge is 0.416 e. The number of carbonyl (C=O) groups is 1. The number of cyclic esters (lactones) is 1. The number of anilines is 2. The molecule has 3 atom stereocenters. The molecule has 0 spiro atoms. The van der Waals surface area contributed by atoms with Crippen LogP contribution in [0.25, 0.3) is 5.69 Å². The predicted octanol–water partition coefficient (Wildman–Crippen LogP) is 4.31. The van der Waals surface area contributed by atoms with E-state index in [-0.39, 0.29) is 24.4 Å². The van der Waals surface area contributed by atoms with Gasteiger partial charge in [0.25, 0.3) is 0 Å². The van der Waals surface area contributed by atoms with Crippen molar-refractivity contribution in [1.82, 2.24) is 19.5 Å². The number of rotatable bonds is 6. The Morgan fingerprint density at radius 3 is 2.71 bits per heavy atom. The van der Waals surface area contributed by atoms with Crippen LogP contribution in [0.1, 0.15) is 25.6 Å². The minimum absolute atomic E-state index is 0.0647. The van der Waals surface area contributed by atoms with E-state index in [1.54, 1.807) is 18.5 Å². The van der Waals surface area contributed by atoms with Gasteiger partial charge in [0.05, 0.1) is 24.3 Å². The lowest BCUT2D eigenvalue weighted by Crippen LogP contribution is -2.40. The van der Waals surface area contributed by atoms with Crippen molar-refractivity contribution >= 4 is 29.5 Å². The van der Waals surface area contributed by atoms with Gasteiger partial charge in [-0.1, -0.05) is 11.6 Å². The number of benzene rings is 1. The van der Waals surface area contributed by atoms with Crippen molar-refractivity contribution in [2.24, 2.45) is 0 Å². The number of imidazole rings is 1. The van der Waals surface area contributed by atoms with Crippen LogP contribution in [0.3, 0.4) is 0 Å². The average Bonchev–Trinajstić information content (AvgIpc) is 3.37. The molecule has 1 fully saturated rings. The number of hydrogen-bond acceptors (Lipinski definition) is 6. The molecule has 162 valence electrons. The minimum atomic E-state index is -1.42. The third-order valence-electron chi connectivity index (χ3n) is 4.91. The first-order valence-corrected chi connectivity index (χ1v) is 9.90. The third-order valence-corrected chi connectivity index (χ3v) is 5.16. The van der Waals surface area contributed by atoms with E-state index in [1.807, 2.05) is 29.8 Å². The highest BCUT2D eigenvalue weighted by Gasteiger charge is 2.40. The van der Waals surface area contributed by atoms with Crippen molar-refractivity contribution in [3.05, 3.63) is 59.5 Å². The van der Waals surface area contributed by atoms with E-state index in [0.717, 1.165) is 16.8 Å². The van der Waals surface area contributed by atoms with Crippen LogP contribution < -0.4 is 10.2 Å². The molecule has 0 bridgehead atoms. The lowest BCUT2D eigenvalue weighted by atomic mass is 10.2. The molecule has 3 heterocycles.